The number of amides is 4. The maximum absolute atomic E-state index is 13.7. The second-order valence-electron chi connectivity index (χ2n) is 10.3. The summed E-state index contributed by atoms with van der Waals surface area (Å²) in [5.41, 5.74) is 2.18. The van der Waals surface area contributed by atoms with Crippen LogP contribution in [0.25, 0.3) is 0 Å². The van der Waals surface area contributed by atoms with Crippen LogP contribution in [0.1, 0.15) is 37.8 Å². The number of nitrogens with one attached hydrogen (secondary N) is 1. The molecule has 0 aromatic heterocycles. The minimum atomic E-state index is -0.626. The van der Waals surface area contributed by atoms with Crippen molar-refractivity contribution in [3.8, 4) is 12.3 Å². The maximum Gasteiger partial charge on any atom is 0.334 e. The largest absolute Gasteiger partial charge is 0.337 e. The molecule has 4 rings (SSSR count). The molecule has 2 aliphatic rings. The fraction of sp³-hybridized carbons (Fsp3) is 0.433. The number of rotatable bonds is 9. The van der Waals surface area contributed by atoms with Gasteiger partial charge in [0.2, 0.25) is 11.8 Å². The summed E-state index contributed by atoms with van der Waals surface area (Å²) >= 11 is 0. The molecule has 4 amide bonds. The lowest BCUT2D eigenvalue weighted by molar-refractivity contribution is -0.189. The number of urea groups is 1. The van der Waals surface area contributed by atoms with Crippen LogP contribution in [0.4, 0.5) is 4.79 Å². The molecule has 2 atom stereocenters. The molecule has 0 spiro atoms. The smallest absolute Gasteiger partial charge is 0.334 e. The van der Waals surface area contributed by atoms with Gasteiger partial charge in [0.15, 0.2) is 0 Å². The Kier molecular flexibility index (Phi) is 9.03. The quantitative estimate of drug-likeness (QED) is 0.521. The second-order valence-corrected chi connectivity index (χ2v) is 10.3. The van der Waals surface area contributed by atoms with Crippen LogP contribution in [0, 0.1) is 18.3 Å². The molecule has 2 saturated heterocycles. The summed E-state index contributed by atoms with van der Waals surface area (Å²) in [6, 6.07) is 18.9. The van der Waals surface area contributed by atoms with Crippen molar-refractivity contribution in [1.82, 2.24) is 25.1 Å². The first kappa shape index (κ1) is 27.2. The van der Waals surface area contributed by atoms with Crippen LogP contribution in [-0.2, 0) is 22.6 Å². The van der Waals surface area contributed by atoms with Crippen LogP contribution < -0.4 is 5.32 Å². The average molecular weight is 516 g/mol. The molecule has 1 N–H and O–H groups in total. The van der Waals surface area contributed by atoms with Gasteiger partial charge in [0, 0.05) is 13.1 Å². The molecule has 0 saturated carbocycles. The molecule has 2 heterocycles. The molecule has 0 aliphatic carbocycles. The Balaban J connectivity index is 1.57. The van der Waals surface area contributed by atoms with Crippen LogP contribution in [0.2, 0.25) is 0 Å². The summed E-state index contributed by atoms with van der Waals surface area (Å²) < 4.78 is 0. The molecular weight excluding hydrogens is 478 g/mol. The van der Waals surface area contributed by atoms with Crippen molar-refractivity contribution in [2.24, 2.45) is 5.92 Å². The van der Waals surface area contributed by atoms with Crippen LogP contribution in [0.15, 0.2) is 60.7 Å². The highest BCUT2D eigenvalue weighted by Gasteiger charge is 2.51. The standard InChI is InChI=1S/C30H37N5O3/c1-4-17-33-22-28(36)34-26(19-23(2)3)29(37)32(18-11-16-24-12-7-5-8-13-24)21-27(34)35(33)30(38)31-20-25-14-9-6-10-15-25/h1,5-10,12-15,23,26-27H,11,16-22H2,2-3H3,(H,31,38)/t26-,27-/m0/s1. The Labute approximate surface area is 225 Å². The average Bonchev–Trinajstić information content (AvgIpc) is 2.90. The van der Waals surface area contributed by atoms with Crippen molar-refractivity contribution in [3.63, 3.8) is 0 Å². The fourth-order valence-electron chi connectivity index (χ4n) is 5.29. The number of nitrogens with zero attached hydrogens (tertiary/aromatic N) is 4. The van der Waals surface area contributed by atoms with Gasteiger partial charge in [-0.2, -0.15) is 5.01 Å². The van der Waals surface area contributed by atoms with E-state index >= 15 is 0 Å². The zero-order valence-corrected chi connectivity index (χ0v) is 22.3. The van der Waals surface area contributed by atoms with E-state index in [1.165, 1.54) is 5.56 Å². The number of aryl methyl sites for hydroxylation is 1. The first-order valence-electron chi connectivity index (χ1n) is 13.3. The van der Waals surface area contributed by atoms with E-state index in [-0.39, 0.29) is 43.4 Å². The Morgan fingerprint density at radius 3 is 2.34 bits per heavy atom. The van der Waals surface area contributed by atoms with Gasteiger partial charge in [-0.1, -0.05) is 80.4 Å². The minimum Gasteiger partial charge on any atom is -0.337 e. The number of hydrazine groups is 1. The van der Waals surface area contributed by atoms with E-state index in [9.17, 15) is 14.4 Å². The summed E-state index contributed by atoms with van der Waals surface area (Å²) in [6.45, 7) is 5.29. The van der Waals surface area contributed by atoms with Gasteiger partial charge in [-0.15, -0.1) is 6.42 Å². The first-order chi connectivity index (χ1) is 18.4. The number of fused-ring (bicyclic) bond motifs is 1. The molecule has 2 aromatic rings. The summed E-state index contributed by atoms with van der Waals surface area (Å²) in [5.74, 6) is 2.55. The van der Waals surface area contributed by atoms with Crippen molar-refractivity contribution in [3.05, 3.63) is 71.8 Å². The van der Waals surface area contributed by atoms with Gasteiger partial charge in [-0.05, 0) is 36.3 Å². The van der Waals surface area contributed by atoms with E-state index < -0.39 is 12.2 Å². The van der Waals surface area contributed by atoms with Gasteiger partial charge in [0.25, 0.3) is 0 Å². The van der Waals surface area contributed by atoms with Crippen molar-refractivity contribution >= 4 is 17.8 Å². The number of carbonyl (C=O) groups excluding carboxylic acids is 3. The van der Waals surface area contributed by atoms with Gasteiger partial charge < -0.3 is 15.1 Å². The zero-order valence-electron chi connectivity index (χ0n) is 22.3. The van der Waals surface area contributed by atoms with Gasteiger partial charge in [0.1, 0.15) is 12.2 Å². The van der Waals surface area contributed by atoms with Crippen molar-refractivity contribution in [2.45, 2.75) is 51.9 Å². The third-order valence-corrected chi connectivity index (χ3v) is 7.03. The van der Waals surface area contributed by atoms with Crippen LogP contribution in [-0.4, -0.2) is 76.0 Å². The summed E-state index contributed by atoms with van der Waals surface area (Å²) in [7, 11) is 0. The molecule has 38 heavy (non-hydrogen) atoms. The molecule has 2 fully saturated rings. The third-order valence-electron chi connectivity index (χ3n) is 7.03. The molecule has 200 valence electrons. The van der Waals surface area contributed by atoms with Crippen LogP contribution >= 0.6 is 0 Å². The minimum absolute atomic E-state index is 0.0463. The van der Waals surface area contributed by atoms with E-state index in [0.29, 0.717) is 19.5 Å². The second kappa shape index (κ2) is 12.6. The van der Waals surface area contributed by atoms with E-state index in [1.54, 1.807) is 14.9 Å². The predicted molar refractivity (Wildman–Crippen MR) is 146 cm³/mol. The molecule has 8 nitrogen and oxygen atoms in total. The highest BCUT2D eigenvalue weighted by atomic mass is 16.2. The Hall–Kier alpha value is -3.83. The SMILES string of the molecule is C#CCN1CC(=O)N2[C@@H](CC(C)C)C(=O)N(CCCc3ccccc3)C[C@@H]2N1C(=O)NCc1ccccc1. The summed E-state index contributed by atoms with van der Waals surface area (Å²) in [5, 5.41) is 6.17. The van der Waals surface area contributed by atoms with Crippen LogP contribution in [0.3, 0.4) is 0 Å². The first-order valence-corrected chi connectivity index (χ1v) is 13.3. The number of piperazine rings is 1. The third kappa shape index (κ3) is 6.35. The lowest BCUT2D eigenvalue weighted by Gasteiger charge is -2.55. The highest BCUT2D eigenvalue weighted by Crippen LogP contribution is 2.29. The zero-order chi connectivity index (χ0) is 27.1. The molecule has 0 bridgehead atoms. The summed E-state index contributed by atoms with van der Waals surface area (Å²) in [4.78, 5) is 44.1. The number of hydrogen-bond donors (Lipinski definition) is 1. The topological polar surface area (TPSA) is 76.2 Å². The van der Waals surface area contributed by atoms with E-state index in [0.717, 1.165) is 18.4 Å². The molecular formula is C30H37N5O3. The Bertz CT molecular complexity index is 1150. The Morgan fingerprint density at radius 2 is 1.71 bits per heavy atom. The lowest BCUT2D eigenvalue weighted by atomic mass is 9.96. The number of carbonyl (C=O) groups is 3. The molecule has 8 heteroatoms. The highest BCUT2D eigenvalue weighted by molar-refractivity contribution is 5.91. The van der Waals surface area contributed by atoms with Gasteiger partial charge >= 0.3 is 6.03 Å². The van der Waals surface area contributed by atoms with Crippen molar-refractivity contribution < 1.29 is 14.4 Å². The van der Waals surface area contributed by atoms with Crippen molar-refractivity contribution in [1.29, 1.82) is 0 Å². The molecule has 0 unspecified atom stereocenters. The fourth-order valence-corrected chi connectivity index (χ4v) is 5.29. The maximum atomic E-state index is 13.7. The van der Waals surface area contributed by atoms with E-state index in [1.807, 2.05) is 67.3 Å². The van der Waals surface area contributed by atoms with Gasteiger partial charge in [-0.25, -0.2) is 9.80 Å². The van der Waals surface area contributed by atoms with Gasteiger partial charge in [0.05, 0.1) is 19.6 Å². The number of benzene rings is 2. The van der Waals surface area contributed by atoms with Crippen molar-refractivity contribution in [2.75, 3.05) is 26.2 Å². The Morgan fingerprint density at radius 1 is 1.05 bits per heavy atom. The molecule has 2 aliphatic heterocycles. The van der Waals surface area contributed by atoms with Gasteiger partial charge in [-0.3, -0.25) is 9.59 Å². The van der Waals surface area contributed by atoms with E-state index in [4.69, 9.17) is 6.42 Å². The predicted octanol–water partition coefficient (Wildman–Crippen LogP) is 3.11. The normalized spacial score (nSPS) is 19.9. The summed E-state index contributed by atoms with van der Waals surface area (Å²) in [6.07, 6.45) is 7.17. The van der Waals surface area contributed by atoms with Crippen LogP contribution in [0.5, 0.6) is 0 Å². The molecule has 0 radical (unpaired) electrons. The van der Waals surface area contributed by atoms with E-state index in [2.05, 4.69) is 23.4 Å². The number of hydrogen-bond acceptors (Lipinski definition) is 4. The molecule has 2 aromatic carbocycles. The lowest BCUT2D eigenvalue weighted by Crippen LogP contribution is -2.76. The monoisotopic (exact) mass is 515 g/mol. The number of terminal acetylenes is 1.